The predicted octanol–water partition coefficient (Wildman–Crippen LogP) is 3.72. The second-order valence-electron chi connectivity index (χ2n) is 3.60. The van der Waals surface area contributed by atoms with Crippen LogP contribution < -0.4 is 10.5 Å². The highest BCUT2D eigenvalue weighted by Gasteiger charge is 2.10. The van der Waals surface area contributed by atoms with E-state index in [1.165, 1.54) is 6.33 Å². The minimum absolute atomic E-state index is 0.413. The molecule has 0 radical (unpaired) electrons. The van der Waals surface area contributed by atoms with Crippen molar-refractivity contribution in [3.05, 3.63) is 40.1 Å². The Bertz CT molecular complexity index is 555. The van der Waals surface area contributed by atoms with Crippen LogP contribution in [-0.2, 0) is 6.42 Å². The zero-order chi connectivity index (χ0) is 13.1. The van der Waals surface area contributed by atoms with E-state index in [2.05, 4.69) is 9.97 Å². The molecule has 4 nitrogen and oxygen atoms in total. The van der Waals surface area contributed by atoms with Crippen LogP contribution >= 0.6 is 23.2 Å². The molecule has 0 amide bonds. The first-order chi connectivity index (χ1) is 8.60. The molecule has 0 aliphatic carbocycles. The highest BCUT2D eigenvalue weighted by molar-refractivity contribution is 6.34. The molecule has 2 aromatic rings. The second-order valence-corrected chi connectivity index (χ2v) is 4.48. The Kier molecular flexibility index (Phi) is 3.89. The Morgan fingerprint density at radius 1 is 1.17 bits per heavy atom. The van der Waals surface area contributed by atoms with Crippen LogP contribution in [0.5, 0.6) is 11.6 Å². The molecule has 1 heterocycles. The highest BCUT2D eigenvalue weighted by atomic mass is 35.5. The van der Waals surface area contributed by atoms with E-state index < -0.39 is 0 Å². The largest absolute Gasteiger partial charge is 0.438 e. The van der Waals surface area contributed by atoms with Crippen LogP contribution in [0.4, 0.5) is 5.82 Å². The van der Waals surface area contributed by atoms with Crippen molar-refractivity contribution in [1.29, 1.82) is 0 Å². The van der Waals surface area contributed by atoms with E-state index in [1.807, 2.05) is 6.92 Å². The van der Waals surface area contributed by atoms with Gasteiger partial charge in [-0.05, 0) is 24.6 Å². The van der Waals surface area contributed by atoms with Gasteiger partial charge in [-0.3, -0.25) is 0 Å². The molecule has 0 aliphatic rings. The monoisotopic (exact) mass is 283 g/mol. The van der Waals surface area contributed by atoms with Gasteiger partial charge in [-0.15, -0.1) is 0 Å². The minimum atomic E-state index is 0.413. The molecule has 0 atom stereocenters. The summed E-state index contributed by atoms with van der Waals surface area (Å²) in [6.07, 6.45) is 2.03. The molecule has 0 bridgehead atoms. The van der Waals surface area contributed by atoms with Gasteiger partial charge < -0.3 is 10.5 Å². The van der Waals surface area contributed by atoms with Crippen LogP contribution in [-0.4, -0.2) is 9.97 Å². The molecule has 0 saturated heterocycles. The maximum atomic E-state index is 5.90. The average Bonchev–Trinajstić information content (AvgIpc) is 2.27. The molecular formula is C12H11Cl2N3O. The summed E-state index contributed by atoms with van der Waals surface area (Å²) in [4.78, 5) is 7.99. The van der Waals surface area contributed by atoms with Gasteiger partial charge in [0.1, 0.15) is 17.9 Å². The molecule has 0 spiro atoms. The summed E-state index contributed by atoms with van der Waals surface area (Å²) in [5, 5.41) is 0.996. The maximum Gasteiger partial charge on any atom is 0.227 e. The SMILES string of the molecule is CCc1c(N)ncnc1Oc1cc(Cl)cc(Cl)c1. The van der Waals surface area contributed by atoms with Crippen molar-refractivity contribution in [3.8, 4) is 11.6 Å². The van der Waals surface area contributed by atoms with Gasteiger partial charge in [-0.2, -0.15) is 0 Å². The fraction of sp³-hybridized carbons (Fsp3) is 0.167. The number of rotatable bonds is 3. The van der Waals surface area contributed by atoms with Gasteiger partial charge in [0.05, 0.1) is 5.56 Å². The number of aromatic nitrogens is 2. The number of ether oxygens (including phenoxy) is 1. The first-order valence-electron chi connectivity index (χ1n) is 5.33. The third-order valence-corrected chi connectivity index (χ3v) is 2.78. The number of nitrogen functional groups attached to an aromatic ring is 1. The molecular weight excluding hydrogens is 273 g/mol. The lowest BCUT2D eigenvalue weighted by atomic mass is 10.2. The van der Waals surface area contributed by atoms with Crippen LogP contribution in [0.2, 0.25) is 10.0 Å². The topological polar surface area (TPSA) is 61.0 Å². The molecule has 0 fully saturated rings. The van der Waals surface area contributed by atoms with E-state index in [9.17, 15) is 0 Å². The molecule has 0 saturated carbocycles. The van der Waals surface area contributed by atoms with Crippen molar-refractivity contribution in [1.82, 2.24) is 9.97 Å². The molecule has 1 aromatic carbocycles. The fourth-order valence-electron chi connectivity index (χ4n) is 1.53. The van der Waals surface area contributed by atoms with E-state index in [0.717, 1.165) is 5.56 Å². The van der Waals surface area contributed by atoms with Gasteiger partial charge in [0.2, 0.25) is 5.88 Å². The molecule has 1 aromatic heterocycles. The number of anilines is 1. The van der Waals surface area contributed by atoms with Crippen LogP contribution in [0.3, 0.4) is 0 Å². The zero-order valence-electron chi connectivity index (χ0n) is 9.65. The summed E-state index contributed by atoms with van der Waals surface area (Å²) in [6, 6.07) is 4.95. The van der Waals surface area contributed by atoms with Crippen LogP contribution in [0.25, 0.3) is 0 Å². The van der Waals surface area contributed by atoms with Crippen LogP contribution in [0, 0.1) is 0 Å². The Balaban J connectivity index is 2.36. The lowest BCUT2D eigenvalue weighted by Crippen LogP contribution is -2.01. The third-order valence-electron chi connectivity index (χ3n) is 2.34. The molecule has 2 rings (SSSR count). The first-order valence-corrected chi connectivity index (χ1v) is 6.09. The molecule has 18 heavy (non-hydrogen) atoms. The van der Waals surface area contributed by atoms with Gasteiger partial charge in [0, 0.05) is 10.0 Å². The Morgan fingerprint density at radius 2 is 1.83 bits per heavy atom. The molecule has 2 N–H and O–H groups in total. The Labute approximate surface area is 115 Å². The van der Waals surface area contributed by atoms with Crippen molar-refractivity contribution < 1.29 is 4.74 Å². The van der Waals surface area contributed by atoms with Crippen molar-refractivity contribution in [3.63, 3.8) is 0 Å². The van der Waals surface area contributed by atoms with Gasteiger partial charge in [-0.1, -0.05) is 30.1 Å². The molecule has 0 unspecified atom stereocenters. The van der Waals surface area contributed by atoms with E-state index in [1.54, 1.807) is 18.2 Å². The quantitative estimate of drug-likeness (QED) is 0.933. The van der Waals surface area contributed by atoms with Crippen molar-refractivity contribution in [2.75, 3.05) is 5.73 Å². The fourth-order valence-corrected chi connectivity index (χ4v) is 2.03. The first kappa shape index (κ1) is 12.9. The minimum Gasteiger partial charge on any atom is -0.438 e. The van der Waals surface area contributed by atoms with Crippen molar-refractivity contribution in [2.24, 2.45) is 0 Å². The summed E-state index contributed by atoms with van der Waals surface area (Å²) in [7, 11) is 0. The summed E-state index contributed by atoms with van der Waals surface area (Å²) in [6.45, 7) is 1.95. The normalized spacial score (nSPS) is 10.4. The summed E-state index contributed by atoms with van der Waals surface area (Å²) < 4.78 is 5.64. The summed E-state index contributed by atoms with van der Waals surface area (Å²) in [5.41, 5.74) is 6.52. The van der Waals surface area contributed by atoms with Crippen LogP contribution in [0.1, 0.15) is 12.5 Å². The Hall–Kier alpha value is -1.52. The van der Waals surface area contributed by atoms with E-state index in [4.69, 9.17) is 33.7 Å². The number of hydrogen-bond acceptors (Lipinski definition) is 4. The number of hydrogen-bond donors (Lipinski definition) is 1. The van der Waals surface area contributed by atoms with E-state index in [0.29, 0.717) is 33.9 Å². The summed E-state index contributed by atoms with van der Waals surface area (Å²) in [5.74, 6) is 1.35. The predicted molar refractivity (Wildman–Crippen MR) is 72.4 cm³/mol. The summed E-state index contributed by atoms with van der Waals surface area (Å²) >= 11 is 11.8. The maximum absolute atomic E-state index is 5.90. The molecule has 94 valence electrons. The molecule has 0 aliphatic heterocycles. The Morgan fingerprint density at radius 3 is 2.44 bits per heavy atom. The lowest BCUT2D eigenvalue weighted by Gasteiger charge is -2.10. The number of benzene rings is 1. The van der Waals surface area contributed by atoms with Crippen LogP contribution in [0.15, 0.2) is 24.5 Å². The second kappa shape index (κ2) is 5.42. The van der Waals surface area contributed by atoms with E-state index in [-0.39, 0.29) is 0 Å². The number of nitrogens with two attached hydrogens (primary N) is 1. The van der Waals surface area contributed by atoms with Crippen molar-refractivity contribution >= 4 is 29.0 Å². The molecule has 6 heteroatoms. The van der Waals surface area contributed by atoms with E-state index >= 15 is 0 Å². The highest BCUT2D eigenvalue weighted by Crippen LogP contribution is 2.30. The smallest absolute Gasteiger partial charge is 0.227 e. The zero-order valence-corrected chi connectivity index (χ0v) is 11.2. The van der Waals surface area contributed by atoms with Gasteiger partial charge in [0.15, 0.2) is 0 Å². The average molecular weight is 284 g/mol. The third kappa shape index (κ3) is 2.83. The van der Waals surface area contributed by atoms with Gasteiger partial charge >= 0.3 is 0 Å². The van der Waals surface area contributed by atoms with Gasteiger partial charge in [-0.25, -0.2) is 9.97 Å². The standard InChI is InChI=1S/C12H11Cl2N3O/c1-2-10-11(15)16-6-17-12(10)18-9-4-7(13)3-8(14)5-9/h3-6H,2H2,1H3,(H2,15,16,17). The number of halogens is 2. The van der Waals surface area contributed by atoms with Gasteiger partial charge in [0.25, 0.3) is 0 Å². The van der Waals surface area contributed by atoms with Crippen molar-refractivity contribution in [2.45, 2.75) is 13.3 Å². The number of nitrogens with zero attached hydrogens (tertiary/aromatic N) is 2. The lowest BCUT2D eigenvalue weighted by molar-refractivity contribution is 0.456.